The zero-order valence-corrected chi connectivity index (χ0v) is 32.1. The van der Waals surface area contributed by atoms with E-state index in [9.17, 15) is 34.2 Å². The van der Waals surface area contributed by atoms with E-state index in [1.54, 1.807) is 6.07 Å². The molecule has 54 heavy (non-hydrogen) atoms. The molecule has 4 aliphatic carbocycles. The number of guanidine groups is 1. The van der Waals surface area contributed by atoms with Crippen molar-refractivity contribution in [3.63, 3.8) is 0 Å². The summed E-state index contributed by atoms with van der Waals surface area (Å²) in [6.45, 7) is 6.16. The van der Waals surface area contributed by atoms with Gasteiger partial charge in [-0.2, -0.15) is 0 Å². The molecule has 0 saturated heterocycles. The Kier molecular flexibility index (Phi) is 13.2. The minimum absolute atomic E-state index is 0.0121. The maximum Gasteiger partial charge on any atom is 0.335 e. The number of carbonyl (C=O) groups excluding carboxylic acids is 3. The molecular weight excluding hydrogens is 696 g/mol. The number of aliphatic hydroxyl groups is 1. The third kappa shape index (κ3) is 8.95. The standard InChI is InChI=1S/C40H60N4O10/c1-24(45)53-31-22-40(51)29-14-13-26-21-27(16-18-38(26,2)28(29)17-19-39(40,3)35(31)25-12-15-33(47)52-23-25)54-34(48)11-7-5-4-6-10-32(46)44-30(36(49)50)9-8-20-43-37(41)42/h12,15,23,26-31,35,51H,4-11,13-14,16-22H2,1-3H3,(H,44,46)(H,49,50)(H4,41,42,43)/t26-,27+,28+,29+,30+,31+,35+,38+,39-,40+/m1/s1. The van der Waals surface area contributed by atoms with E-state index in [4.69, 9.17) is 25.4 Å². The lowest BCUT2D eigenvalue weighted by molar-refractivity contribution is -0.207. The van der Waals surface area contributed by atoms with E-state index < -0.39 is 40.7 Å². The summed E-state index contributed by atoms with van der Waals surface area (Å²) in [5.74, 6) is -1.69. The molecule has 0 bridgehead atoms. The number of carbonyl (C=O) groups is 4. The van der Waals surface area contributed by atoms with Gasteiger partial charge in [-0.1, -0.05) is 26.7 Å². The second-order valence-electron chi connectivity index (χ2n) is 16.8. The molecule has 0 aliphatic heterocycles. The molecule has 0 aromatic carbocycles. The first-order valence-corrected chi connectivity index (χ1v) is 19.8. The molecular formula is C40H60N4O10. The zero-order valence-electron chi connectivity index (χ0n) is 32.1. The van der Waals surface area contributed by atoms with Crippen LogP contribution in [-0.2, 0) is 28.7 Å². The summed E-state index contributed by atoms with van der Waals surface area (Å²) in [5.41, 5.74) is 9.24. The van der Waals surface area contributed by atoms with Gasteiger partial charge in [0.05, 0.1) is 11.9 Å². The number of ether oxygens (including phenoxy) is 2. The summed E-state index contributed by atoms with van der Waals surface area (Å²) < 4.78 is 17.1. The average molecular weight is 757 g/mol. The van der Waals surface area contributed by atoms with Crippen molar-refractivity contribution in [2.45, 2.75) is 153 Å². The van der Waals surface area contributed by atoms with Crippen LogP contribution in [0.25, 0.3) is 0 Å². The summed E-state index contributed by atoms with van der Waals surface area (Å²) in [6.07, 6.45) is 11.0. The van der Waals surface area contributed by atoms with E-state index in [1.165, 1.54) is 19.3 Å². The SMILES string of the molecule is CC(=O)O[C@H]1C[C@]2(O)[C@H]3CC[C@@H]4C[C@@H](OC(=O)CCCCCCC(=O)N[C@@H](CCCN=C(N)N)C(=O)O)CC[C@]4(C)[C@H]3CC[C@]2(C)[C@H]1c1ccc(=O)oc1. The van der Waals surface area contributed by atoms with Crippen LogP contribution >= 0.6 is 0 Å². The fraction of sp³-hybridized carbons (Fsp3) is 0.750. The Labute approximate surface area is 317 Å². The summed E-state index contributed by atoms with van der Waals surface area (Å²) in [7, 11) is 0. The fourth-order valence-corrected chi connectivity index (χ4v) is 10.9. The van der Waals surface area contributed by atoms with Crippen LogP contribution < -0.4 is 22.4 Å². The molecule has 300 valence electrons. The lowest BCUT2D eigenvalue weighted by Crippen LogP contribution is -2.62. The van der Waals surface area contributed by atoms with E-state index >= 15 is 0 Å². The van der Waals surface area contributed by atoms with E-state index in [2.05, 4.69) is 24.2 Å². The molecule has 10 atom stereocenters. The summed E-state index contributed by atoms with van der Waals surface area (Å²) in [5, 5.41) is 24.7. The molecule has 4 saturated carbocycles. The molecule has 0 spiro atoms. The van der Waals surface area contributed by atoms with Crippen LogP contribution in [0.3, 0.4) is 0 Å². The number of aliphatic carboxylic acids is 1. The summed E-state index contributed by atoms with van der Waals surface area (Å²) in [6, 6.07) is 2.13. The highest BCUT2D eigenvalue weighted by Gasteiger charge is 2.70. The number of carboxylic acids is 1. The zero-order chi connectivity index (χ0) is 39.3. The predicted octanol–water partition coefficient (Wildman–Crippen LogP) is 4.30. The fourth-order valence-electron chi connectivity index (χ4n) is 10.9. The first-order valence-electron chi connectivity index (χ1n) is 19.8. The van der Waals surface area contributed by atoms with Gasteiger partial charge in [-0.05, 0) is 105 Å². The van der Waals surface area contributed by atoms with Gasteiger partial charge in [0.15, 0.2) is 5.96 Å². The molecule has 1 aromatic heterocycles. The van der Waals surface area contributed by atoms with E-state index in [-0.39, 0.29) is 60.0 Å². The average Bonchev–Trinajstić information content (AvgIpc) is 3.33. The van der Waals surface area contributed by atoms with Crippen molar-refractivity contribution in [2.24, 2.45) is 45.0 Å². The Morgan fingerprint density at radius 2 is 1.72 bits per heavy atom. The van der Waals surface area contributed by atoms with Gasteiger partial charge in [-0.3, -0.25) is 19.4 Å². The molecule has 7 N–H and O–H groups in total. The highest BCUT2D eigenvalue weighted by Crippen LogP contribution is 2.71. The first kappa shape index (κ1) is 41.2. The number of hydrogen-bond acceptors (Lipinski definition) is 10. The number of carboxylic acid groups (broad SMARTS) is 1. The molecule has 0 radical (unpaired) electrons. The largest absolute Gasteiger partial charge is 0.480 e. The van der Waals surface area contributed by atoms with Crippen molar-refractivity contribution in [1.82, 2.24) is 5.32 Å². The highest BCUT2D eigenvalue weighted by molar-refractivity contribution is 5.83. The number of esters is 2. The Balaban J connectivity index is 1.07. The molecule has 4 aliphatic rings. The summed E-state index contributed by atoms with van der Waals surface area (Å²) in [4.78, 5) is 64.5. The molecule has 1 aromatic rings. The maximum atomic E-state index is 12.9. The minimum atomic E-state index is -1.10. The van der Waals surface area contributed by atoms with Crippen LogP contribution in [0.4, 0.5) is 0 Å². The number of nitrogens with zero attached hydrogens (tertiary/aromatic N) is 1. The molecule has 1 amide bonds. The van der Waals surface area contributed by atoms with E-state index in [0.29, 0.717) is 44.6 Å². The van der Waals surface area contributed by atoms with Crippen LogP contribution in [0.1, 0.15) is 135 Å². The van der Waals surface area contributed by atoms with Gasteiger partial charge < -0.3 is 40.9 Å². The Hall–Kier alpha value is -3.94. The van der Waals surface area contributed by atoms with Crippen LogP contribution in [0.5, 0.6) is 0 Å². The van der Waals surface area contributed by atoms with Gasteiger partial charge in [0.25, 0.3) is 0 Å². The molecule has 1 heterocycles. The number of nitrogens with one attached hydrogen (secondary N) is 1. The van der Waals surface area contributed by atoms with Crippen LogP contribution in [0.2, 0.25) is 0 Å². The summed E-state index contributed by atoms with van der Waals surface area (Å²) >= 11 is 0. The number of unbranched alkanes of at least 4 members (excludes halogenated alkanes) is 3. The first-order chi connectivity index (χ1) is 25.6. The smallest absolute Gasteiger partial charge is 0.335 e. The Morgan fingerprint density at radius 3 is 2.39 bits per heavy atom. The van der Waals surface area contributed by atoms with Crippen molar-refractivity contribution >= 4 is 29.8 Å². The van der Waals surface area contributed by atoms with Crippen LogP contribution in [0, 0.1) is 28.6 Å². The normalized spacial score (nSPS) is 33.3. The third-order valence-electron chi connectivity index (χ3n) is 13.6. The number of fused-ring (bicyclic) bond motifs is 5. The van der Waals surface area contributed by atoms with Crippen molar-refractivity contribution < 1.29 is 43.3 Å². The molecule has 0 unspecified atom stereocenters. The van der Waals surface area contributed by atoms with Crippen LogP contribution in [0.15, 0.2) is 32.6 Å². The molecule has 5 rings (SSSR count). The van der Waals surface area contributed by atoms with Gasteiger partial charge in [-0.25, -0.2) is 9.59 Å². The Morgan fingerprint density at radius 1 is 0.981 bits per heavy atom. The number of nitrogens with two attached hydrogens (primary N) is 2. The van der Waals surface area contributed by atoms with Gasteiger partial charge in [0.1, 0.15) is 18.2 Å². The number of amides is 1. The topological polar surface area (TPSA) is 234 Å². The van der Waals surface area contributed by atoms with Crippen molar-refractivity contribution in [1.29, 1.82) is 0 Å². The third-order valence-corrected chi connectivity index (χ3v) is 13.6. The second kappa shape index (κ2) is 17.2. The van der Waals surface area contributed by atoms with Gasteiger partial charge in [0.2, 0.25) is 5.91 Å². The number of aliphatic imine (C=N–C) groups is 1. The monoisotopic (exact) mass is 756 g/mol. The van der Waals surface area contributed by atoms with Gasteiger partial charge >= 0.3 is 23.5 Å². The number of rotatable bonds is 16. The lowest BCUT2D eigenvalue weighted by Gasteiger charge is -2.63. The van der Waals surface area contributed by atoms with Gasteiger partial charge in [-0.15, -0.1) is 0 Å². The van der Waals surface area contributed by atoms with Gasteiger partial charge in [0, 0.05) is 50.1 Å². The quantitative estimate of drug-likeness (QED) is 0.0688. The highest BCUT2D eigenvalue weighted by atomic mass is 16.5. The number of hydrogen-bond donors (Lipinski definition) is 5. The lowest BCUT2D eigenvalue weighted by atomic mass is 9.43. The molecule has 4 fully saturated rings. The van der Waals surface area contributed by atoms with Crippen molar-refractivity contribution in [3.05, 3.63) is 34.4 Å². The molecule has 14 heteroatoms. The second-order valence-corrected chi connectivity index (χ2v) is 16.8. The maximum absolute atomic E-state index is 12.9. The predicted molar refractivity (Wildman–Crippen MR) is 199 cm³/mol. The van der Waals surface area contributed by atoms with Crippen molar-refractivity contribution in [2.75, 3.05) is 6.54 Å². The van der Waals surface area contributed by atoms with E-state index in [1.807, 2.05) is 0 Å². The molecule has 14 nitrogen and oxygen atoms in total. The Bertz CT molecular complexity index is 1590. The minimum Gasteiger partial charge on any atom is -0.480 e. The van der Waals surface area contributed by atoms with Crippen molar-refractivity contribution in [3.8, 4) is 0 Å². The van der Waals surface area contributed by atoms with E-state index in [0.717, 1.165) is 63.4 Å². The van der Waals surface area contributed by atoms with Crippen LogP contribution in [-0.4, -0.2) is 70.4 Å².